The molecule has 32 heavy (non-hydrogen) atoms. The largest absolute Gasteiger partial charge is 0.208 e. The van der Waals surface area contributed by atoms with Gasteiger partial charge in [0.25, 0.3) is 0 Å². The Morgan fingerprint density at radius 2 is 1.09 bits per heavy atom. The second kappa shape index (κ2) is 7.54. The summed E-state index contributed by atoms with van der Waals surface area (Å²) in [5.74, 6) is 2.09. The molecule has 0 amide bonds. The number of benzene rings is 4. The highest BCUT2D eigenvalue weighted by atomic mass is 15.0. The Kier molecular flexibility index (Phi) is 4.39. The normalized spacial score (nSPS) is 11.8. The first-order chi connectivity index (χ1) is 15.8. The first kappa shape index (κ1) is 18.6. The molecule has 1 aliphatic carbocycles. The Balaban J connectivity index is 1.60. The maximum absolute atomic E-state index is 4.95. The van der Waals surface area contributed by atoms with Crippen molar-refractivity contribution in [2.75, 3.05) is 0 Å². The van der Waals surface area contributed by atoms with Crippen LogP contribution in [0.15, 0.2) is 97.1 Å². The van der Waals surface area contributed by atoms with E-state index in [1.807, 2.05) is 60.7 Å². The van der Waals surface area contributed by atoms with Crippen LogP contribution < -0.4 is 0 Å². The van der Waals surface area contributed by atoms with Gasteiger partial charge in [0.05, 0.1) is 0 Å². The van der Waals surface area contributed by atoms with E-state index < -0.39 is 0 Å². The molecule has 0 spiro atoms. The minimum absolute atomic E-state index is 0.689. The average molecular weight is 412 g/mol. The Morgan fingerprint density at radius 1 is 0.531 bits per heavy atom. The molecule has 1 heterocycles. The van der Waals surface area contributed by atoms with Crippen molar-refractivity contribution in [1.29, 1.82) is 0 Å². The van der Waals surface area contributed by atoms with Gasteiger partial charge in [-0.2, -0.15) is 0 Å². The summed E-state index contributed by atoms with van der Waals surface area (Å²) in [7, 11) is 0. The summed E-state index contributed by atoms with van der Waals surface area (Å²) in [5, 5.41) is 0. The van der Waals surface area contributed by atoms with Crippen molar-refractivity contribution in [2.24, 2.45) is 0 Å². The monoisotopic (exact) mass is 411 g/mol. The van der Waals surface area contributed by atoms with Crippen LogP contribution in [0.1, 0.15) is 16.7 Å². The fourth-order valence-electron chi connectivity index (χ4n) is 4.54. The zero-order chi connectivity index (χ0) is 21.5. The summed E-state index contributed by atoms with van der Waals surface area (Å²) in [6, 6.07) is 33.3. The highest BCUT2D eigenvalue weighted by molar-refractivity contribution is 5.89. The van der Waals surface area contributed by atoms with Crippen molar-refractivity contribution in [2.45, 2.75) is 13.3 Å². The molecule has 0 saturated carbocycles. The van der Waals surface area contributed by atoms with Crippen LogP contribution in [0.3, 0.4) is 0 Å². The topological polar surface area (TPSA) is 38.7 Å². The molecule has 1 aromatic heterocycles. The van der Waals surface area contributed by atoms with Crippen LogP contribution in [-0.4, -0.2) is 15.0 Å². The standard InChI is InChI=1S/C29H21N3/c1-19-10-8-16-23-25(19)18-22-15-9-17-24(26(22)23)29-31-27(20-11-4-2-5-12-20)30-28(32-29)21-13-6-3-7-14-21/h2-17H,18H2,1H3. The van der Waals surface area contributed by atoms with E-state index in [0.29, 0.717) is 17.5 Å². The Morgan fingerprint density at radius 3 is 1.75 bits per heavy atom. The summed E-state index contributed by atoms with van der Waals surface area (Å²) in [6.07, 6.45) is 0.952. The highest BCUT2D eigenvalue weighted by Crippen LogP contribution is 2.43. The summed E-state index contributed by atoms with van der Waals surface area (Å²) in [6.45, 7) is 2.19. The van der Waals surface area contributed by atoms with Crippen LogP contribution in [0.2, 0.25) is 0 Å². The van der Waals surface area contributed by atoms with Crippen LogP contribution in [-0.2, 0) is 6.42 Å². The molecule has 0 saturated heterocycles. The lowest BCUT2D eigenvalue weighted by molar-refractivity contribution is 1.07. The molecular formula is C29H21N3. The van der Waals surface area contributed by atoms with Gasteiger partial charge in [0.1, 0.15) is 0 Å². The second-order valence-electron chi connectivity index (χ2n) is 8.16. The lowest BCUT2D eigenvalue weighted by Crippen LogP contribution is -2.01. The van der Waals surface area contributed by atoms with Crippen molar-refractivity contribution in [3.8, 4) is 45.3 Å². The van der Waals surface area contributed by atoms with Crippen molar-refractivity contribution >= 4 is 0 Å². The number of aromatic nitrogens is 3. The van der Waals surface area contributed by atoms with Gasteiger partial charge in [0.2, 0.25) is 0 Å². The van der Waals surface area contributed by atoms with Gasteiger partial charge in [-0.05, 0) is 41.2 Å². The van der Waals surface area contributed by atoms with Crippen LogP contribution >= 0.6 is 0 Å². The van der Waals surface area contributed by atoms with Gasteiger partial charge in [-0.3, -0.25) is 0 Å². The number of fused-ring (bicyclic) bond motifs is 3. The maximum Gasteiger partial charge on any atom is 0.164 e. The molecule has 0 atom stereocenters. The third kappa shape index (κ3) is 3.10. The van der Waals surface area contributed by atoms with E-state index in [-0.39, 0.29) is 0 Å². The smallest absolute Gasteiger partial charge is 0.164 e. The minimum atomic E-state index is 0.689. The zero-order valence-electron chi connectivity index (χ0n) is 17.8. The van der Waals surface area contributed by atoms with E-state index in [1.165, 1.54) is 27.8 Å². The van der Waals surface area contributed by atoms with Gasteiger partial charge in [-0.25, -0.2) is 15.0 Å². The van der Waals surface area contributed by atoms with Gasteiger partial charge in [0.15, 0.2) is 17.5 Å². The van der Waals surface area contributed by atoms with Crippen LogP contribution in [0.4, 0.5) is 0 Å². The molecule has 0 bridgehead atoms. The van der Waals surface area contributed by atoms with E-state index in [2.05, 4.69) is 43.3 Å². The van der Waals surface area contributed by atoms with E-state index in [0.717, 1.165) is 23.1 Å². The molecule has 3 nitrogen and oxygen atoms in total. The van der Waals surface area contributed by atoms with Crippen molar-refractivity contribution < 1.29 is 0 Å². The van der Waals surface area contributed by atoms with Crippen molar-refractivity contribution in [1.82, 2.24) is 15.0 Å². The van der Waals surface area contributed by atoms with E-state index in [1.54, 1.807) is 0 Å². The summed E-state index contributed by atoms with van der Waals surface area (Å²) in [5.41, 5.74) is 9.62. The number of hydrogen-bond acceptors (Lipinski definition) is 3. The summed E-state index contributed by atoms with van der Waals surface area (Å²) in [4.78, 5) is 14.7. The molecule has 0 N–H and O–H groups in total. The molecule has 3 heteroatoms. The number of aryl methyl sites for hydroxylation is 1. The van der Waals surface area contributed by atoms with E-state index in [4.69, 9.17) is 15.0 Å². The molecule has 0 unspecified atom stereocenters. The molecule has 0 fully saturated rings. The van der Waals surface area contributed by atoms with Crippen molar-refractivity contribution in [3.63, 3.8) is 0 Å². The molecule has 152 valence electrons. The number of hydrogen-bond donors (Lipinski definition) is 0. The van der Waals surface area contributed by atoms with Gasteiger partial charge < -0.3 is 0 Å². The van der Waals surface area contributed by atoms with Crippen LogP contribution in [0, 0.1) is 6.92 Å². The summed E-state index contributed by atoms with van der Waals surface area (Å²) >= 11 is 0. The van der Waals surface area contributed by atoms with Gasteiger partial charge in [-0.15, -0.1) is 0 Å². The predicted molar refractivity (Wildman–Crippen MR) is 129 cm³/mol. The van der Waals surface area contributed by atoms with Gasteiger partial charge >= 0.3 is 0 Å². The lowest BCUT2D eigenvalue weighted by Gasteiger charge is -2.12. The minimum Gasteiger partial charge on any atom is -0.208 e. The quantitative estimate of drug-likeness (QED) is 0.323. The average Bonchev–Trinajstić information content (AvgIpc) is 3.25. The van der Waals surface area contributed by atoms with Gasteiger partial charge in [-0.1, -0.05) is 97.1 Å². The third-order valence-electron chi connectivity index (χ3n) is 6.14. The Hall–Kier alpha value is -4.11. The lowest BCUT2D eigenvalue weighted by atomic mass is 9.98. The predicted octanol–water partition coefficient (Wildman–Crippen LogP) is 6.75. The molecule has 1 aliphatic rings. The Labute approximate surface area is 187 Å². The first-order valence-electron chi connectivity index (χ1n) is 10.9. The van der Waals surface area contributed by atoms with Crippen molar-refractivity contribution in [3.05, 3.63) is 114 Å². The van der Waals surface area contributed by atoms with E-state index in [9.17, 15) is 0 Å². The second-order valence-corrected chi connectivity index (χ2v) is 8.16. The van der Waals surface area contributed by atoms with Crippen LogP contribution in [0.25, 0.3) is 45.3 Å². The molecule has 5 aromatic rings. The zero-order valence-corrected chi connectivity index (χ0v) is 17.8. The maximum atomic E-state index is 4.95. The van der Waals surface area contributed by atoms with Gasteiger partial charge in [0, 0.05) is 16.7 Å². The molecule has 4 aromatic carbocycles. The fourth-order valence-corrected chi connectivity index (χ4v) is 4.54. The summed E-state index contributed by atoms with van der Waals surface area (Å²) < 4.78 is 0. The first-order valence-corrected chi connectivity index (χ1v) is 10.9. The fraction of sp³-hybridized carbons (Fsp3) is 0.0690. The SMILES string of the molecule is Cc1cccc2c1Cc1cccc(-c3nc(-c4ccccc4)nc(-c4ccccc4)n3)c1-2. The molecule has 0 aliphatic heterocycles. The third-order valence-corrected chi connectivity index (χ3v) is 6.14. The Bertz CT molecular complexity index is 1380. The molecular weight excluding hydrogens is 390 g/mol. The molecule has 6 rings (SSSR count). The number of nitrogens with zero attached hydrogens (tertiary/aromatic N) is 3. The van der Waals surface area contributed by atoms with Crippen LogP contribution in [0.5, 0.6) is 0 Å². The number of rotatable bonds is 3. The van der Waals surface area contributed by atoms with E-state index >= 15 is 0 Å². The highest BCUT2D eigenvalue weighted by Gasteiger charge is 2.24. The molecule has 0 radical (unpaired) electrons.